The summed E-state index contributed by atoms with van der Waals surface area (Å²) in [5.41, 5.74) is 0.746. The Morgan fingerprint density at radius 1 is 1.06 bits per heavy atom. The van der Waals surface area contributed by atoms with E-state index in [0.29, 0.717) is 57.8 Å². The molecule has 1 aliphatic carbocycles. The molecule has 4 heterocycles. The van der Waals surface area contributed by atoms with E-state index in [1.807, 2.05) is 6.07 Å². The highest BCUT2D eigenvalue weighted by atomic mass is 16.7. The molecule has 3 atom stereocenters. The molecule has 1 aromatic rings. The predicted molar refractivity (Wildman–Crippen MR) is 131 cm³/mol. The van der Waals surface area contributed by atoms with Crippen LogP contribution in [0.3, 0.4) is 0 Å². The number of ketones is 2. The monoisotopic (exact) mass is 501 g/mol. The first-order chi connectivity index (χ1) is 17.6. The molecule has 5 rings (SSSR count). The van der Waals surface area contributed by atoms with E-state index in [0.717, 1.165) is 63.6 Å². The van der Waals surface area contributed by atoms with Crippen molar-refractivity contribution in [3.8, 4) is 5.88 Å². The molecule has 0 radical (unpaired) electrons. The average molecular weight is 502 g/mol. The van der Waals surface area contributed by atoms with Gasteiger partial charge in [-0.1, -0.05) is 25.7 Å². The van der Waals surface area contributed by atoms with Gasteiger partial charge in [0, 0.05) is 31.1 Å². The number of hydrogen-bond donors (Lipinski definition) is 0. The third-order valence-corrected chi connectivity index (χ3v) is 8.15. The maximum atomic E-state index is 13.9. The van der Waals surface area contributed by atoms with Crippen molar-refractivity contribution in [1.29, 1.82) is 0 Å². The van der Waals surface area contributed by atoms with Crippen molar-refractivity contribution in [2.24, 2.45) is 5.92 Å². The molecule has 4 aliphatic rings. The zero-order chi connectivity index (χ0) is 25.0. The number of Topliss-reactive ketones (excluding diaryl/α,β-unsaturated/α-hetero) is 2. The van der Waals surface area contributed by atoms with Crippen LogP contribution in [0.1, 0.15) is 86.4 Å². The lowest BCUT2D eigenvalue weighted by molar-refractivity contribution is -0.186. The fraction of sp³-hybridized carbons (Fsp3) is 0.778. The van der Waals surface area contributed by atoms with Crippen LogP contribution in [-0.4, -0.2) is 84.9 Å². The van der Waals surface area contributed by atoms with E-state index in [-0.39, 0.29) is 23.3 Å². The molecule has 36 heavy (non-hydrogen) atoms. The van der Waals surface area contributed by atoms with Crippen molar-refractivity contribution >= 4 is 11.6 Å². The maximum Gasteiger partial charge on any atom is 0.229 e. The van der Waals surface area contributed by atoms with Gasteiger partial charge in [0.2, 0.25) is 23.2 Å². The van der Waals surface area contributed by atoms with Crippen LogP contribution in [0.25, 0.3) is 0 Å². The number of likely N-dealkylation sites (tertiary alicyclic amines) is 1. The minimum Gasteiger partial charge on any atom is -0.476 e. The lowest BCUT2D eigenvalue weighted by Gasteiger charge is -2.30. The summed E-state index contributed by atoms with van der Waals surface area (Å²) >= 11 is 0. The minimum atomic E-state index is -1.32. The smallest absolute Gasteiger partial charge is 0.229 e. The van der Waals surface area contributed by atoms with Gasteiger partial charge in [-0.3, -0.25) is 9.59 Å². The van der Waals surface area contributed by atoms with Crippen LogP contribution in [0, 0.1) is 5.92 Å². The molecule has 3 aliphatic heterocycles. The third-order valence-electron chi connectivity index (χ3n) is 8.15. The molecular weight excluding hydrogens is 462 g/mol. The molecular formula is C27H39N3O6. The Balaban J connectivity index is 1.42. The van der Waals surface area contributed by atoms with E-state index in [9.17, 15) is 9.59 Å². The molecule has 3 saturated heterocycles. The number of rotatable bonds is 6. The van der Waals surface area contributed by atoms with Gasteiger partial charge in [0.25, 0.3) is 0 Å². The summed E-state index contributed by atoms with van der Waals surface area (Å²) in [6, 6.07) is 2.17. The van der Waals surface area contributed by atoms with E-state index in [4.69, 9.17) is 18.9 Å². The van der Waals surface area contributed by atoms with Crippen LogP contribution in [0.4, 0.5) is 0 Å². The molecule has 198 valence electrons. The molecule has 9 heteroatoms. The van der Waals surface area contributed by atoms with E-state index >= 15 is 0 Å². The highest BCUT2D eigenvalue weighted by Gasteiger charge is 2.49. The molecule has 4 fully saturated rings. The zero-order valence-electron chi connectivity index (χ0n) is 21.4. The highest BCUT2D eigenvalue weighted by Crippen LogP contribution is 2.34. The second kappa shape index (κ2) is 11.6. The van der Waals surface area contributed by atoms with Gasteiger partial charge in [0.05, 0.1) is 31.4 Å². The molecule has 1 spiro atoms. The summed E-state index contributed by atoms with van der Waals surface area (Å²) in [5.74, 6) is -2.30. The van der Waals surface area contributed by atoms with Gasteiger partial charge in [-0.05, 0) is 45.7 Å². The van der Waals surface area contributed by atoms with E-state index < -0.39 is 11.7 Å². The number of carbonyl (C=O) groups is 2. The number of carbonyl (C=O) groups excluding carboxylic acids is 2. The molecule has 0 amide bonds. The lowest BCUT2D eigenvalue weighted by Crippen LogP contribution is -2.46. The van der Waals surface area contributed by atoms with Crippen LogP contribution in [-0.2, 0) is 19.0 Å². The molecule has 0 N–H and O–H groups in total. The minimum absolute atomic E-state index is 0.0535. The summed E-state index contributed by atoms with van der Waals surface area (Å²) < 4.78 is 23.4. The zero-order valence-corrected chi connectivity index (χ0v) is 21.4. The average Bonchev–Trinajstić information content (AvgIpc) is 3.66. The second-order valence-corrected chi connectivity index (χ2v) is 10.6. The van der Waals surface area contributed by atoms with Gasteiger partial charge in [-0.2, -0.15) is 4.98 Å². The summed E-state index contributed by atoms with van der Waals surface area (Å²) in [7, 11) is 2.10. The summed E-state index contributed by atoms with van der Waals surface area (Å²) in [6.07, 6.45) is 8.75. The summed E-state index contributed by atoms with van der Waals surface area (Å²) in [5, 5.41) is 0. The predicted octanol–water partition coefficient (Wildman–Crippen LogP) is 3.31. The first-order valence-corrected chi connectivity index (χ1v) is 13.7. The van der Waals surface area contributed by atoms with Crippen LogP contribution in [0.5, 0.6) is 5.88 Å². The molecule has 9 nitrogen and oxygen atoms in total. The van der Waals surface area contributed by atoms with Gasteiger partial charge in [0.15, 0.2) is 5.82 Å². The molecule has 0 aromatic carbocycles. The Kier molecular flexibility index (Phi) is 8.30. The summed E-state index contributed by atoms with van der Waals surface area (Å²) in [4.78, 5) is 39.2. The van der Waals surface area contributed by atoms with Crippen LogP contribution >= 0.6 is 0 Å². The fourth-order valence-electron chi connectivity index (χ4n) is 5.88. The maximum absolute atomic E-state index is 13.9. The Labute approximate surface area is 213 Å². The number of likely N-dealkylation sites (N-methyl/N-ethyl adjacent to an activating group) is 1. The highest BCUT2D eigenvalue weighted by molar-refractivity contribution is 6.11. The standard InChI is InChI=1S/C27H39N3O6/c1-30-12-7-8-20(30)18-34-23-16-22(19-10-13-33-17-19)28-26(29-23)24(31)21-9-5-3-2-4-6-11-27(25(21)32)35-14-15-36-27/h16,19-21H,2-15,17-18H2,1H3/t19-,20-,21?/m0/s1. The van der Waals surface area contributed by atoms with Crippen molar-refractivity contribution in [3.05, 3.63) is 17.6 Å². The van der Waals surface area contributed by atoms with E-state index in [2.05, 4.69) is 21.9 Å². The van der Waals surface area contributed by atoms with Crippen molar-refractivity contribution in [2.75, 3.05) is 46.6 Å². The van der Waals surface area contributed by atoms with Crippen molar-refractivity contribution in [1.82, 2.24) is 14.9 Å². The number of nitrogens with zero attached hydrogens (tertiary/aromatic N) is 3. The van der Waals surface area contributed by atoms with Crippen molar-refractivity contribution < 1.29 is 28.5 Å². The van der Waals surface area contributed by atoms with Gasteiger partial charge in [-0.25, -0.2) is 4.98 Å². The molecule has 1 aromatic heterocycles. The molecule has 1 unspecified atom stereocenters. The Hall–Kier alpha value is -1.94. The number of ether oxygens (including phenoxy) is 4. The van der Waals surface area contributed by atoms with Gasteiger partial charge >= 0.3 is 0 Å². The molecule has 1 saturated carbocycles. The Morgan fingerprint density at radius 3 is 2.61 bits per heavy atom. The normalized spacial score (nSPS) is 29.6. The fourth-order valence-corrected chi connectivity index (χ4v) is 5.88. The SMILES string of the molecule is CN1CCC[C@H]1COc1cc([C@H]2CCOC2)nc(C(=O)C2CCCCCCCC3(OCCO3)C2=O)n1. The largest absolute Gasteiger partial charge is 0.476 e. The summed E-state index contributed by atoms with van der Waals surface area (Å²) in [6.45, 7) is 3.53. The first-order valence-electron chi connectivity index (χ1n) is 13.7. The van der Waals surface area contributed by atoms with Crippen LogP contribution in [0.15, 0.2) is 6.07 Å². The van der Waals surface area contributed by atoms with E-state index in [1.54, 1.807) is 0 Å². The lowest BCUT2D eigenvalue weighted by atomic mass is 9.84. The van der Waals surface area contributed by atoms with Crippen LogP contribution < -0.4 is 4.74 Å². The van der Waals surface area contributed by atoms with Gasteiger partial charge in [0.1, 0.15) is 6.61 Å². The first kappa shape index (κ1) is 25.7. The Bertz CT molecular complexity index is 928. The molecule has 0 bridgehead atoms. The van der Waals surface area contributed by atoms with E-state index in [1.165, 1.54) is 0 Å². The number of hydrogen-bond acceptors (Lipinski definition) is 9. The van der Waals surface area contributed by atoms with Gasteiger partial charge in [-0.15, -0.1) is 0 Å². The van der Waals surface area contributed by atoms with Crippen molar-refractivity contribution in [2.45, 2.75) is 82.0 Å². The number of aromatic nitrogens is 2. The topological polar surface area (TPSA) is 100 Å². The quantitative estimate of drug-likeness (QED) is 0.429. The van der Waals surface area contributed by atoms with Gasteiger partial charge < -0.3 is 23.8 Å². The third kappa shape index (κ3) is 5.64. The second-order valence-electron chi connectivity index (χ2n) is 10.6. The Morgan fingerprint density at radius 2 is 1.86 bits per heavy atom. The van der Waals surface area contributed by atoms with Crippen LogP contribution in [0.2, 0.25) is 0 Å². The van der Waals surface area contributed by atoms with Crippen molar-refractivity contribution in [3.63, 3.8) is 0 Å².